The Labute approximate surface area is 157 Å². The summed E-state index contributed by atoms with van der Waals surface area (Å²) in [4.78, 5) is 38.3. The van der Waals surface area contributed by atoms with E-state index in [1.54, 1.807) is 60.4 Å². The number of nitrogens with zero attached hydrogens (tertiary/aromatic N) is 1. The zero-order chi connectivity index (χ0) is 19.6. The quantitative estimate of drug-likeness (QED) is 0.852. The largest absolute Gasteiger partial charge is 0.479 e. The van der Waals surface area contributed by atoms with Gasteiger partial charge in [-0.25, -0.2) is 4.79 Å². The molecule has 6 nitrogen and oxygen atoms in total. The molecule has 0 bridgehead atoms. The highest BCUT2D eigenvalue weighted by molar-refractivity contribution is 6.00. The van der Waals surface area contributed by atoms with E-state index in [-0.39, 0.29) is 12.3 Å². The van der Waals surface area contributed by atoms with Crippen molar-refractivity contribution in [2.45, 2.75) is 32.2 Å². The molecule has 0 radical (unpaired) electrons. The Morgan fingerprint density at radius 2 is 1.85 bits per heavy atom. The van der Waals surface area contributed by atoms with Crippen LogP contribution < -0.4 is 10.2 Å². The third-order valence-corrected chi connectivity index (χ3v) is 5.11. The summed E-state index contributed by atoms with van der Waals surface area (Å²) >= 11 is 0. The van der Waals surface area contributed by atoms with Crippen molar-refractivity contribution < 1.29 is 19.5 Å². The lowest BCUT2D eigenvalue weighted by Crippen LogP contribution is -2.51. The first kappa shape index (κ1) is 18.6. The van der Waals surface area contributed by atoms with E-state index in [1.165, 1.54) is 6.92 Å². The molecule has 1 atom stereocenters. The van der Waals surface area contributed by atoms with Crippen LogP contribution >= 0.6 is 0 Å². The van der Waals surface area contributed by atoms with Gasteiger partial charge in [0.15, 0.2) is 5.54 Å². The minimum Gasteiger partial charge on any atom is -0.479 e. The molecule has 6 heteroatoms. The van der Waals surface area contributed by atoms with Crippen LogP contribution in [0.15, 0.2) is 48.5 Å². The van der Waals surface area contributed by atoms with E-state index in [0.717, 1.165) is 11.3 Å². The van der Waals surface area contributed by atoms with E-state index < -0.39 is 17.4 Å². The predicted octanol–water partition coefficient (Wildman–Crippen LogP) is 2.72. The highest BCUT2D eigenvalue weighted by atomic mass is 16.4. The number of benzene rings is 2. The van der Waals surface area contributed by atoms with Crippen LogP contribution in [0.5, 0.6) is 0 Å². The van der Waals surface area contributed by atoms with E-state index >= 15 is 0 Å². The van der Waals surface area contributed by atoms with Crippen molar-refractivity contribution in [2.24, 2.45) is 0 Å². The van der Waals surface area contributed by atoms with Gasteiger partial charge in [-0.1, -0.05) is 37.3 Å². The Bertz CT molecular complexity index is 894. The minimum atomic E-state index is -1.50. The van der Waals surface area contributed by atoms with Crippen molar-refractivity contribution in [3.8, 4) is 0 Å². The van der Waals surface area contributed by atoms with Gasteiger partial charge in [0.2, 0.25) is 5.91 Å². The normalized spacial score (nSPS) is 15.0. The summed E-state index contributed by atoms with van der Waals surface area (Å²) in [6, 6.07) is 13.8. The number of carbonyl (C=O) groups excluding carboxylic acids is 2. The summed E-state index contributed by atoms with van der Waals surface area (Å²) in [7, 11) is 0. The molecule has 0 fully saturated rings. The van der Waals surface area contributed by atoms with Gasteiger partial charge in [0, 0.05) is 24.7 Å². The summed E-state index contributed by atoms with van der Waals surface area (Å²) < 4.78 is 0. The molecule has 2 aromatic carbocycles. The molecule has 0 saturated carbocycles. The molecule has 0 aromatic heterocycles. The third-order valence-electron chi connectivity index (χ3n) is 5.11. The number of aliphatic carboxylic acids is 1. The Morgan fingerprint density at radius 1 is 1.15 bits per heavy atom. The third kappa shape index (κ3) is 3.30. The summed E-state index contributed by atoms with van der Waals surface area (Å²) in [5, 5.41) is 12.6. The number of anilines is 1. The number of hydrogen-bond donors (Lipinski definition) is 2. The van der Waals surface area contributed by atoms with Crippen molar-refractivity contribution in [2.75, 3.05) is 11.4 Å². The molecule has 1 aliphatic rings. The van der Waals surface area contributed by atoms with Crippen LogP contribution in [-0.2, 0) is 21.5 Å². The maximum absolute atomic E-state index is 12.9. The van der Waals surface area contributed by atoms with E-state index in [2.05, 4.69) is 5.32 Å². The summed E-state index contributed by atoms with van der Waals surface area (Å²) in [5.74, 6) is -1.59. The zero-order valence-corrected chi connectivity index (χ0v) is 15.4. The number of amides is 2. The van der Waals surface area contributed by atoms with Crippen LogP contribution in [0, 0.1) is 0 Å². The number of carboxylic acids is 1. The lowest BCUT2D eigenvalue weighted by Gasteiger charge is -2.30. The number of carboxylic acid groups (broad SMARTS) is 1. The van der Waals surface area contributed by atoms with Crippen LogP contribution in [0.3, 0.4) is 0 Å². The number of hydrogen-bond acceptors (Lipinski definition) is 3. The Morgan fingerprint density at radius 3 is 2.44 bits per heavy atom. The monoisotopic (exact) mass is 366 g/mol. The Balaban J connectivity index is 1.92. The van der Waals surface area contributed by atoms with Crippen LogP contribution in [0.1, 0.15) is 41.8 Å². The second-order valence-corrected chi connectivity index (χ2v) is 6.65. The summed E-state index contributed by atoms with van der Waals surface area (Å²) in [6.07, 6.45) is 0.883. The number of nitrogens with one attached hydrogen (secondary N) is 1. The molecule has 2 N–H and O–H groups in total. The molecule has 1 aliphatic heterocycles. The van der Waals surface area contributed by atoms with Gasteiger partial charge >= 0.3 is 5.97 Å². The topological polar surface area (TPSA) is 86.7 Å². The lowest BCUT2D eigenvalue weighted by molar-refractivity contribution is -0.145. The van der Waals surface area contributed by atoms with Crippen molar-refractivity contribution in [1.82, 2.24) is 5.32 Å². The van der Waals surface area contributed by atoms with Crippen LogP contribution in [0.2, 0.25) is 0 Å². The lowest BCUT2D eigenvalue weighted by atomic mass is 9.86. The van der Waals surface area contributed by atoms with Gasteiger partial charge in [-0.3, -0.25) is 9.59 Å². The predicted molar refractivity (Wildman–Crippen MR) is 102 cm³/mol. The summed E-state index contributed by atoms with van der Waals surface area (Å²) in [5.41, 5.74) is 1.13. The summed E-state index contributed by atoms with van der Waals surface area (Å²) in [6.45, 7) is 3.83. The van der Waals surface area contributed by atoms with Crippen molar-refractivity contribution in [3.63, 3.8) is 0 Å². The van der Waals surface area contributed by atoms with E-state index in [4.69, 9.17) is 0 Å². The fraction of sp³-hybridized carbons (Fsp3) is 0.286. The fourth-order valence-electron chi connectivity index (χ4n) is 3.55. The zero-order valence-electron chi connectivity index (χ0n) is 15.4. The number of rotatable bonds is 5. The first-order valence-corrected chi connectivity index (χ1v) is 8.91. The van der Waals surface area contributed by atoms with Crippen LogP contribution in [-0.4, -0.2) is 29.4 Å². The molecule has 2 aromatic rings. The fourth-order valence-corrected chi connectivity index (χ4v) is 3.55. The Kier molecular flexibility index (Phi) is 4.99. The smallest absolute Gasteiger partial charge is 0.334 e. The Hall–Kier alpha value is -3.15. The van der Waals surface area contributed by atoms with Gasteiger partial charge in [-0.15, -0.1) is 0 Å². The maximum atomic E-state index is 12.9. The molecule has 0 spiro atoms. The number of fused-ring (bicyclic) bond motifs is 1. The molecule has 1 unspecified atom stereocenters. The van der Waals surface area contributed by atoms with Gasteiger partial charge < -0.3 is 15.3 Å². The molecular weight excluding hydrogens is 344 g/mol. The number of carbonyl (C=O) groups is 3. The molecule has 2 amide bonds. The van der Waals surface area contributed by atoms with Crippen LogP contribution in [0.4, 0.5) is 5.69 Å². The maximum Gasteiger partial charge on any atom is 0.334 e. The average molecular weight is 366 g/mol. The van der Waals surface area contributed by atoms with Gasteiger partial charge in [0.25, 0.3) is 5.91 Å². The molecule has 0 saturated heterocycles. The van der Waals surface area contributed by atoms with Gasteiger partial charge in [0.05, 0.1) is 0 Å². The average Bonchev–Trinajstić information content (AvgIpc) is 3.10. The van der Waals surface area contributed by atoms with Crippen molar-refractivity contribution in [1.29, 1.82) is 0 Å². The molecule has 1 heterocycles. The second kappa shape index (κ2) is 7.23. The van der Waals surface area contributed by atoms with Gasteiger partial charge in [0.1, 0.15) is 0 Å². The molecule has 0 aliphatic carbocycles. The van der Waals surface area contributed by atoms with Gasteiger partial charge in [-0.2, -0.15) is 0 Å². The molecule has 140 valence electrons. The molecule has 27 heavy (non-hydrogen) atoms. The standard InChI is InChI=1S/C21H22N2O4/c1-3-21(20(26)27,17-7-5-4-6-8-17)22-19(25)16-9-10-18-15(13-16)11-12-23(18)14(2)24/h4-10,13H,3,11-12H2,1-2H3,(H,22,25)(H,26,27). The van der Waals surface area contributed by atoms with E-state index in [0.29, 0.717) is 24.1 Å². The highest BCUT2D eigenvalue weighted by Gasteiger charge is 2.40. The first-order valence-electron chi connectivity index (χ1n) is 8.91. The van der Waals surface area contributed by atoms with E-state index in [9.17, 15) is 19.5 Å². The highest BCUT2D eigenvalue weighted by Crippen LogP contribution is 2.30. The van der Waals surface area contributed by atoms with E-state index in [1.807, 2.05) is 0 Å². The second-order valence-electron chi connectivity index (χ2n) is 6.65. The molecule has 3 rings (SSSR count). The first-order chi connectivity index (χ1) is 12.9. The van der Waals surface area contributed by atoms with Crippen molar-refractivity contribution in [3.05, 3.63) is 65.2 Å². The SMILES string of the molecule is CCC(NC(=O)c1ccc2c(c1)CCN2C(C)=O)(C(=O)O)c1ccccc1. The van der Waals surface area contributed by atoms with Gasteiger partial charge in [-0.05, 0) is 42.2 Å². The van der Waals surface area contributed by atoms with Crippen molar-refractivity contribution >= 4 is 23.5 Å². The minimum absolute atomic E-state index is 0.0362. The van der Waals surface area contributed by atoms with Crippen LogP contribution in [0.25, 0.3) is 0 Å². The molecular formula is C21H22N2O4.